The van der Waals surface area contributed by atoms with Gasteiger partial charge in [-0.05, 0) is 37.6 Å². The van der Waals surface area contributed by atoms with Crippen molar-refractivity contribution in [1.29, 1.82) is 0 Å². The molecule has 1 aromatic carbocycles. The SMILES string of the molecule is CC[C@@H](OC(=O)c1ccc(C(F)(F)F)cc1)C(=O)Nc1cc(C)on1. The molecule has 1 amide bonds. The average Bonchev–Trinajstić information content (AvgIpc) is 2.96. The van der Waals surface area contributed by atoms with Gasteiger partial charge in [-0.3, -0.25) is 4.79 Å². The van der Waals surface area contributed by atoms with E-state index in [0.29, 0.717) is 5.76 Å². The number of hydrogen-bond acceptors (Lipinski definition) is 5. The van der Waals surface area contributed by atoms with Crippen LogP contribution in [0, 0.1) is 6.92 Å². The van der Waals surface area contributed by atoms with Crippen molar-refractivity contribution in [2.45, 2.75) is 32.5 Å². The lowest BCUT2D eigenvalue weighted by atomic mass is 10.1. The van der Waals surface area contributed by atoms with Gasteiger partial charge in [-0.1, -0.05) is 12.1 Å². The van der Waals surface area contributed by atoms with Gasteiger partial charge in [-0.2, -0.15) is 13.2 Å². The van der Waals surface area contributed by atoms with Gasteiger partial charge in [0.25, 0.3) is 5.91 Å². The first kappa shape index (κ1) is 18.5. The van der Waals surface area contributed by atoms with Gasteiger partial charge >= 0.3 is 12.1 Å². The van der Waals surface area contributed by atoms with Crippen molar-refractivity contribution in [2.75, 3.05) is 5.32 Å². The van der Waals surface area contributed by atoms with E-state index in [2.05, 4.69) is 10.5 Å². The molecule has 0 aliphatic carbocycles. The zero-order valence-electron chi connectivity index (χ0n) is 13.4. The summed E-state index contributed by atoms with van der Waals surface area (Å²) in [5.41, 5.74) is -0.966. The van der Waals surface area contributed by atoms with Crippen LogP contribution in [0.2, 0.25) is 0 Å². The second-order valence-corrected chi connectivity index (χ2v) is 5.19. The second kappa shape index (κ2) is 7.37. The fourth-order valence-electron chi connectivity index (χ4n) is 1.95. The average molecular weight is 356 g/mol. The summed E-state index contributed by atoms with van der Waals surface area (Å²) in [7, 11) is 0. The summed E-state index contributed by atoms with van der Waals surface area (Å²) >= 11 is 0. The lowest BCUT2D eigenvalue weighted by molar-refractivity contribution is -0.137. The number of rotatable bonds is 5. The molecule has 0 fully saturated rings. The molecule has 1 aromatic heterocycles. The van der Waals surface area contributed by atoms with E-state index in [9.17, 15) is 22.8 Å². The zero-order valence-corrected chi connectivity index (χ0v) is 13.4. The molecule has 0 radical (unpaired) electrons. The predicted octanol–water partition coefficient (Wildman–Crippen LogP) is 3.58. The van der Waals surface area contributed by atoms with Gasteiger partial charge in [0.1, 0.15) is 5.76 Å². The van der Waals surface area contributed by atoms with Crippen molar-refractivity contribution >= 4 is 17.7 Å². The third-order valence-electron chi connectivity index (χ3n) is 3.24. The Morgan fingerprint density at radius 1 is 1.28 bits per heavy atom. The van der Waals surface area contributed by atoms with Crippen molar-refractivity contribution in [3.05, 3.63) is 47.2 Å². The van der Waals surface area contributed by atoms with E-state index in [1.165, 1.54) is 6.07 Å². The number of ether oxygens (including phenoxy) is 1. The Morgan fingerprint density at radius 3 is 2.40 bits per heavy atom. The Bertz CT molecular complexity index is 753. The Hall–Kier alpha value is -2.84. The van der Waals surface area contributed by atoms with Crippen LogP contribution in [0.4, 0.5) is 19.0 Å². The first-order chi connectivity index (χ1) is 11.7. The maximum atomic E-state index is 12.5. The summed E-state index contributed by atoms with van der Waals surface area (Å²) in [6.07, 6.45) is -5.44. The molecule has 0 aliphatic heterocycles. The van der Waals surface area contributed by atoms with Crippen LogP contribution in [-0.4, -0.2) is 23.1 Å². The number of amides is 1. The van der Waals surface area contributed by atoms with E-state index in [1.807, 2.05) is 0 Å². The lowest BCUT2D eigenvalue weighted by Crippen LogP contribution is -2.32. The number of halogens is 3. The second-order valence-electron chi connectivity index (χ2n) is 5.19. The summed E-state index contributed by atoms with van der Waals surface area (Å²) in [6.45, 7) is 3.27. The van der Waals surface area contributed by atoms with E-state index in [-0.39, 0.29) is 17.8 Å². The van der Waals surface area contributed by atoms with E-state index < -0.39 is 29.7 Å². The molecule has 134 valence electrons. The highest BCUT2D eigenvalue weighted by Crippen LogP contribution is 2.29. The van der Waals surface area contributed by atoms with Crippen LogP contribution < -0.4 is 5.32 Å². The van der Waals surface area contributed by atoms with E-state index in [1.54, 1.807) is 13.8 Å². The molecule has 1 N–H and O–H groups in total. The minimum Gasteiger partial charge on any atom is -0.449 e. The normalized spacial score (nSPS) is 12.5. The molecular weight excluding hydrogens is 341 g/mol. The van der Waals surface area contributed by atoms with Crippen LogP contribution in [0.1, 0.15) is 35.0 Å². The van der Waals surface area contributed by atoms with Gasteiger partial charge in [0.15, 0.2) is 11.9 Å². The Balaban J connectivity index is 2.02. The van der Waals surface area contributed by atoms with Gasteiger partial charge in [0.05, 0.1) is 11.1 Å². The van der Waals surface area contributed by atoms with Crippen molar-refractivity contribution in [3.63, 3.8) is 0 Å². The molecule has 0 bridgehead atoms. The van der Waals surface area contributed by atoms with E-state index in [4.69, 9.17) is 9.26 Å². The molecule has 0 saturated carbocycles. The summed E-state index contributed by atoms with van der Waals surface area (Å²) in [5.74, 6) is -0.847. The minimum absolute atomic E-state index is 0.0865. The van der Waals surface area contributed by atoms with Gasteiger partial charge < -0.3 is 14.6 Å². The third-order valence-corrected chi connectivity index (χ3v) is 3.24. The molecule has 9 heteroatoms. The Labute approximate surface area is 140 Å². The number of nitrogens with zero attached hydrogens (tertiary/aromatic N) is 1. The first-order valence-electron chi connectivity index (χ1n) is 7.33. The van der Waals surface area contributed by atoms with E-state index in [0.717, 1.165) is 24.3 Å². The van der Waals surface area contributed by atoms with Crippen LogP contribution in [0.15, 0.2) is 34.9 Å². The molecule has 1 atom stereocenters. The molecule has 0 spiro atoms. The Kier molecular flexibility index (Phi) is 5.45. The van der Waals surface area contributed by atoms with Crippen molar-refractivity contribution in [1.82, 2.24) is 5.16 Å². The summed E-state index contributed by atoms with van der Waals surface area (Å²) in [6, 6.07) is 5.03. The first-order valence-corrected chi connectivity index (χ1v) is 7.33. The number of nitrogens with one attached hydrogen (secondary N) is 1. The predicted molar refractivity (Wildman–Crippen MR) is 80.8 cm³/mol. The fraction of sp³-hybridized carbons (Fsp3) is 0.312. The lowest BCUT2D eigenvalue weighted by Gasteiger charge is -2.15. The highest BCUT2D eigenvalue weighted by Gasteiger charge is 2.30. The number of anilines is 1. The smallest absolute Gasteiger partial charge is 0.416 e. The molecule has 0 unspecified atom stereocenters. The minimum atomic E-state index is -4.50. The van der Waals surface area contributed by atoms with Crippen LogP contribution in [0.3, 0.4) is 0 Å². The zero-order chi connectivity index (χ0) is 18.6. The number of aryl methyl sites for hydroxylation is 1. The number of benzene rings is 1. The van der Waals surface area contributed by atoms with Gasteiger partial charge in [-0.25, -0.2) is 4.79 Å². The molecule has 0 saturated heterocycles. The molecule has 25 heavy (non-hydrogen) atoms. The molecule has 2 aromatic rings. The van der Waals surface area contributed by atoms with Crippen LogP contribution >= 0.6 is 0 Å². The van der Waals surface area contributed by atoms with Crippen LogP contribution in [0.5, 0.6) is 0 Å². The number of esters is 1. The summed E-state index contributed by atoms with van der Waals surface area (Å²) < 4.78 is 47.4. The fourth-order valence-corrected chi connectivity index (χ4v) is 1.95. The van der Waals surface area contributed by atoms with Crippen molar-refractivity contribution in [3.8, 4) is 0 Å². The topological polar surface area (TPSA) is 81.4 Å². The van der Waals surface area contributed by atoms with Crippen molar-refractivity contribution in [2.24, 2.45) is 0 Å². The van der Waals surface area contributed by atoms with E-state index >= 15 is 0 Å². The van der Waals surface area contributed by atoms with Gasteiger partial charge in [0.2, 0.25) is 0 Å². The summed E-state index contributed by atoms with van der Waals surface area (Å²) in [5, 5.41) is 6.02. The maximum Gasteiger partial charge on any atom is 0.416 e. The number of carbonyl (C=O) groups is 2. The quantitative estimate of drug-likeness (QED) is 0.828. The largest absolute Gasteiger partial charge is 0.449 e. The molecule has 1 heterocycles. The van der Waals surface area contributed by atoms with Crippen LogP contribution in [-0.2, 0) is 15.7 Å². The number of aromatic nitrogens is 1. The number of carbonyl (C=O) groups excluding carboxylic acids is 2. The Morgan fingerprint density at radius 2 is 1.92 bits per heavy atom. The summed E-state index contributed by atoms with van der Waals surface area (Å²) in [4.78, 5) is 24.1. The molecular formula is C16H15F3N2O4. The highest BCUT2D eigenvalue weighted by atomic mass is 19.4. The third kappa shape index (κ3) is 4.82. The standard InChI is InChI=1S/C16H15F3N2O4/c1-3-12(14(22)20-13-8-9(2)25-21-13)24-15(23)10-4-6-11(7-5-10)16(17,18)19/h4-8,12H,3H2,1-2H3,(H,20,21,22)/t12-/m1/s1. The van der Waals surface area contributed by atoms with Crippen molar-refractivity contribution < 1.29 is 32.0 Å². The number of hydrogen-bond donors (Lipinski definition) is 1. The molecule has 6 nitrogen and oxygen atoms in total. The monoisotopic (exact) mass is 356 g/mol. The maximum absolute atomic E-state index is 12.5. The molecule has 0 aliphatic rings. The van der Waals surface area contributed by atoms with Gasteiger partial charge in [0, 0.05) is 6.07 Å². The van der Waals surface area contributed by atoms with Crippen LogP contribution in [0.25, 0.3) is 0 Å². The molecule has 2 rings (SSSR count). The number of alkyl halides is 3. The highest BCUT2D eigenvalue weighted by molar-refractivity contribution is 5.97. The van der Waals surface area contributed by atoms with Gasteiger partial charge in [-0.15, -0.1) is 0 Å².